The maximum Gasteiger partial charge on any atom is 0.308 e. The second-order valence-corrected chi connectivity index (χ2v) is 16.3. The molecule has 342 valence electrons. The van der Waals surface area contributed by atoms with Crippen molar-refractivity contribution >= 4 is 24.2 Å². The molecule has 0 saturated heterocycles. The number of aliphatic hydroxyl groups excluding tert-OH is 3. The highest BCUT2D eigenvalue weighted by Crippen LogP contribution is 2.32. The predicted molar refractivity (Wildman–Crippen MR) is 226 cm³/mol. The van der Waals surface area contributed by atoms with E-state index in [4.69, 9.17) is 32.2 Å². The second-order valence-electron chi connectivity index (χ2n) is 16.3. The molecule has 17 nitrogen and oxygen atoms in total. The number of hydrogen-bond donors (Lipinski definition) is 3. The number of hydrogen-bond acceptors (Lipinski definition) is 16. The number of aromatic nitrogens is 3. The summed E-state index contributed by atoms with van der Waals surface area (Å²) in [4.78, 5) is 52.4. The van der Waals surface area contributed by atoms with Crippen molar-refractivity contribution in [2.75, 3.05) is 28.4 Å². The molecule has 0 aliphatic carbocycles. The molecule has 0 spiro atoms. The number of ketones is 1. The van der Waals surface area contributed by atoms with Gasteiger partial charge >= 0.3 is 5.97 Å². The van der Waals surface area contributed by atoms with Gasteiger partial charge in [-0.15, -0.1) is 0 Å². The summed E-state index contributed by atoms with van der Waals surface area (Å²) >= 11 is 0. The quantitative estimate of drug-likeness (QED) is 0.118. The third kappa shape index (κ3) is 13.9. The number of nitrogens with zero attached hydrogens (tertiary/aromatic N) is 4. The summed E-state index contributed by atoms with van der Waals surface area (Å²) < 4.78 is 40.6. The van der Waals surface area contributed by atoms with Crippen molar-refractivity contribution in [1.29, 1.82) is 0 Å². The Kier molecular flexibility index (Phi) is 19.4. The zero-order valence-electron chi connectivity index (χ0n) is 37.2. The van der Waals surface area contributed by atoms with Crippen LogP contribution in [-0.4, -0.2) is 118 Å². The lowest BCUT2D eigenvalue weighted by Crippen LogP contribution is -2.39. The van der Waals surface area contributed by atoms with Gasteiger partial charge in [-0.05, 0) is 43.8 Å². The van der Waals surface area contributed by atoms with Gasteiger partial charge in [0.15, 0.2) is 17.2 Å². The Labute approximate surface area is 363 Å². The fourth-order valence-corrected chi connectivity index (χ4v) is 7.44. The Morgan fingerprint density at radius 1 is 0.903 bits per heavy atom. The molecule has 0 radical (unpaired) electrons. The number of methoxy groups -OCH3 is 3. The molecule has 6 bridgehead atoms. The van der Waals surface area contributed by atoms with Crippen LogP contribution in [0.3, 0.4) is 0 Å². The van der Waals surface area contributed by atoms with E-state index in [1.54, 1.807) is 53.5 Å². The number of carbonyl (C=O) groups excluding carboxylic acids is 3. The highest BCUT2D eigenvalue weighted by atomic mass is 16.6. The SMILES string of the molecule is CO[C@H]1C/C=C/c2nc(co2)-c2nc(co2)-c2nc(co2)[C@@H](OC)[C@@H](C)C(=O)/C=C/C[C@H](O)CC(=O)O[C@@H](C[C@H](OC)[C@@H](C)CC[C@@H](O)[C@H](C)[C@H](O)[C@H](C)/C=C/N(C)C=O)[C@@H]1C. The minimum absolute atomic E-state index is 0.0138. The molecule has 3 aromatic rings. The van der Waals surface area contributed by atoms with Gasteiger partial charge in [0.2, 0.25) is 24.1 Å². The van der Waals surface area contributed by atoms with Gasteiger partial charge in [-0.2, -0.15) is 0 Å². The Hall–Kier alpha value is -4.78. The van der Waals surface area contributed by atoms with Gasteiger partial charge in [0, 0.05) is 58.8 Å². The van der Waals surface area contributed by atoms with Crippen molar-refractivity contribution in [2.45, 2.75) is 116 Å². The molecule has 0 saturated carbocycles. The molecule has 4 heterocycles. The maximum absolute atomic E-state index is 13.5. The van der Waals surface area contributed by atoms with E-state index < -0.39 is 60.5 Å². The Balaban J connectivity index is 1.54. The number of ether oxygens (including phenoxy) is 4. The molecule has 3 aromatic heterocycles. The highest BCUT2D eigenvalue weighted by molar-refractivity contribution is 5.92. The Bertz CT molecular complexity index is 1940. The average molecular weight is 869 g/mol. The topological polar surface area (TPSA) is 230 Å². The lowest BCUT2D eigenvalue weighted by molar-refractivity contribution is -0.159. The molecule has 4 rings (SSSR count). The van der Waals surface area contributed by atoms with Gasteiger partial charge in [0.05, 0.1) is 42.9 Å². The van der Waals surface area contributed by atoms with E-state index in [-0.39, 0.29) is 60.5 Å². The molecule has 1 amide bonds. The number of amides is 1. The predicted octanol–water partition coefficient (Wildman–Crippen LogP) is 5.97. The van der Waals surface area contributed by atoms with Crippen LogP contribution < -0.4 is 0 Å². The summed E-state index contributed by atoms with van der Waals surface area (Å²) in [5.41, 5.74) is 1.01. The van der Waals surface area contributed by atoms with E-state index in [0.29, 0.717) is 42.8 Å². The summed E-state index contributed by atoms with van der Waals surface area (Å²) in [6, 6.07) is 0. The van der Waals surface area contributed by atoms with Gasteiger partial charge in [-0.1, -0.05) is 52.8 Å². The van der Waals surface area contributed by atoms with Gasteiger partial charge in [0.25, 0.3) is 0 Å². The molecule has 1 aliphatic heterocycles. The zero-order chi connectivity index (χ0) is 45.5. The third-order valence-corrected chi connectivity index (χ3v) is 11.7. The molecule has 62 heavy (non-hydrogen) atoms. The van der Waals surface area contributed by atoms with Crippen LogP contribution in [0.5, 0.6) is 0 Å². The average Bonchev–Trinajstić information content (AvgIpc) is 4.06. The number of carbonyl (C=O) groups is 3. The summed E-state index contributed by atoms with van der Waals surface area (Å²) in [6.45, 7) is 9.21. The van der Waals surface area contributed by atoms with Crippen molar-refractivity contribution in [3.8, 4) is 23.2 Å². The number of cyclic esters (lactones) is 1. The first kappa shape index (κ1) is 49.9. The van der Waals surface area contributed by atoms with Crippen LogP contribution in [0.25, 0.3) is 29.2 Å². The van der Waals surface area contributed by atoms with E-state index in [9.17, 15) is 29.7 Å². The number of oxazole rings is 3. The molecule has 0 fully saturated rings. The highest BCUT2D eigenvalue weighted by Gasteiger charge is 2.34. The van der Waals surface area contributed by atoms with Crippen molar-refractivity contribution in [3.63, 3.8) is 0 Å². The van der Waals surface area contributed by atoms with Crippen LogP contribution in [0.2, 0.25) is 0 Å². The maximum atomic E-state index is 13.5. The first-order valence-corrected chi connectivity index (χ1v) is 21.0. The van der Waals surface area contributed by atoms with Gasteiger partial charge in [0.1, 0.15) is 36.7 Å². The molecular weight excluding hydrogens is 805 g/mol. The summed E-state index contributed by atoms with van der Waals surface area (Å²) in [7, 11) is 6.21. The standard InChI is InChI=1S/C45H64N4O13/c1-26(16-17-36(53)28(3)42(55)27(2)18-19-49(6)25-50)38(57-8)21-39-30(5)37(56-7)14-11-15-40-46-33(23-59-40)44-48-34(24-61-44)45-47-32(22-60-45)43(58-9)29(4)35(52)13-10-12-31(51)20-41(54)62-39/h10-11,13,15,18-19,22-31,36-39,42-43,51,53,55H,12,14,16-17,20-21H2,1-9H3/b13-10+,15-11+,19-18+/t26-,27+,28-,29-,30+,31-,36+,37-,38-,39-,42+,43-/m0/s1. The lowest BCUT2D eigenvalue weighted by atomic mass is 9.84. The van der Waals surface area contributed by atoms with Crippen molar-refractivity contribution < 1.29 is 61.9 Å². The van der Waals surface area contributed by atoms with E-state index in [1.807, 2.05) is 26.8 Å². The number of esters is 1. The fourth-order valence-electron chi connectivity index (χ4n) is 7.44. The van der Waals surface area contributed by atoms with Crippen LogP contribution >= 0.6 is 0 Å². The molecule has 1 aliphatic rings. The molecular formula is C45H64N4O13. The molecule has 3 N–H and O–H groups in total. The summed E-state index contributed by atoms with van der Waals surface area (Å²) in [5.74, 6) is -2.22. The first-order chi connectivity index (χ1) is 29.6. The summed E-state index contributed by atoms with van der Waals surface area (Å²) in [6.07, 6.45) is 10.7. The normalized spacial score (nSPS) is 26.0. The summed E-state index contributed by atoms with van der Waals surface area (Å²) in [5, 5.41) is 32.9. The van der Waals surface area contributed by atoms with E-state index in [0.717, 1.165) is 0 Å². The van der Waals surface area contributed by atoms with Crippen LogP contribution in [0, 0.1) is 29.6 Å². The minimum Gasteiger partial charge on any atom is -0.462 e. The van der Waals surface area contributed by atoms with Gasteiger partial charge < -0.3 is 52.4 Å². The Morgan fingerprint density at radius 3 is 2.27 bits per heavy atom. The fraction of sp³-hybridized carbons (Fsp3) is 0.600. The molecule has 0 aromatic carbocycles. The number of rotatable bonds is 15. The van der Waals surface area contributed by atoms with Gasteiger partial charge in [-0.25, -0.2) is 15.0 Å². The number of allylic oxidation sites excluding steroid dienone is 1. The van der Waals surface area contributed by atoms with Crippen molar-refractivity contribution in [3.05, 3.63) is 60.9 Å². The Morgan fingerprint density at radius 2 is 1.58 bits per heavy atom. The second kappa shape index (κ2) is 24.2. The number of fused-ring (bicyclic) bond motifs is 8. The monoisotopic (exact) mass is 868 g/mol. The van der Waals surface area contributed by atoms with E-state index in [2.05, 4.69) is 15.0 Å². The van der Waals surface area contributed by atoms with Crippen LogP contribution in [0.15, 0.2) is 62.5 Å². The van der Waals surface area contributed by atoms with E-state index >= 15 is 0 Å². The first-order valence-electron chi connectivity index (χ1n) is 21.0. The van der Waals surface area contributed by atoms with Crippen molar-refractivity contribution in [1.82, 2.24) is 19.9 Å². The van der Waals surface area contributed by atoms with Crippen LogP contribution in [0.4, 0.5) is 0 Å². The zero-order valence-corrected chi connectivity index (χ0v) is 37.2. The third-order valence-electron chi connectivity index (χ3n) is 11.7. The molecule has 17 heteroatoms. The smallest absolute Gasteiger partial charge is 0.308 e. The lowest BCUT2D eigenvalue weighted by Gasteiger charge is -2.34. The van der Waals surface area contributed by atoms with Crippen LogP contribution in [0.1, 0.15) is 90.8 Å². The number of aliphatic hydroxyl groups is 3. The van der Waals surface area contributed by atoms with Gasteiger partial charge in [-0.3, -0.25) is 14.4 Å². The van der Waals surface area contributed by atoms with Crippen LogP contribution in [-0.2, 0) is 33.3 Å². The van der Waals surface area contributed by atoms with E-state index in [1.165, 1.54) is 43.0 Å². The largest absolute Gasteiger partial charge is 0.462 e. The molecule has 12 atom stereocenters. The molecule has 0 unspecified atom stereocenters. The van der Waals surface area contributed by atoms with Crippen molar-refractivity contribution in [2.24, 2.45) is 29.6 Å². The minimum atomic E-state index is -1.14.